The number of aliphatic imine (C=N–C) groups is 1. The zero-order valence-electron chi connectivity index (χ0n) is 15.8. The number of nitrogens with one attached hydrogen (secondary N) is 3. The van der Waals surface area contributed by atoms with Crippen molar-refractivity contribution >= 4 is 45.7 Å². The van der Waals surface area contributed by atoms with Gasteiger partial charge in [-0.25, -0.2) is 13.4 Å². The van der Waals surface area contributed by atoms with E-state index >= 15 is 0 Å². The fraction of sp³-hybridized carbons (Fsp3) is 0.556. The third kappa shape index (κ3) is 9.94. The molecular weight excluding hydrogens is 479 g/mol. The van der Waals surface area contributed by atoms with Gasteiger partial charge in [0.15, 0.2) is 15.8 Å². The van der Waals surface area contributed by atoms with Crippen molar-refractivity contribution in [2.45, 2.75) is 32.1 Å². The minimum absolute atomic E-state index is 0. The van der Waals surface area contributed by atoms with Gasteiger partial charge in [0.2, 0.25) is 5.91 Å². The predicted molar refractivity (Wildman–Crippen MR) is 119 cm³/mol. The summed E-state index contributed by atoms with van der Waals surface area (Å²) in [7, 11) is -3.02. The van der Waals surface area contributed by atoms with Crippen molar-refractivity contribution in [3.63, 3.8) is 0 Å². The highest BCUT2D eigenvalue weighted by Gasteiger charge is 2.28. The van der Waals surface area contributed by atoms with Gasteiger partial charge in [-0.3, -0.25) is 4.79 Å². The Morgan fingerprint density at radius 3 is 2.22 bits per heavy atom. The number of rotatable bonds is 9. The van der Waals surface area contributed by atoms with E-state index in [2.05, 4.69) is 20.9 Å². The monoisotopic (exact) mass is 508 g/mol. The number of benzene rings is 1. The van der Waals surface area contributed by atoms with Crippen LogP contribution in [0.3, 0.4) is 0 Å². The zero-order chi connectivity index (χ0) is 19.0. The van der Waals surface area contributed by atoms with Crippen LogP contribution in [0.1, 0.15) is 30.9 Å². The van der Waals surface area contributed by atoms with Crippen molar-refractivity contribution in [3.8, 4) is 0 Å². The minimum Gasteiger partial charge on any atom is -0.357 e. The fourth-order valence-electron chi connectivity index (χ4n) is 2.41. The summed E-state index contributed by atoms with van der Waals surface area (Å²) in [6.07, 6.45) is 3.24. The Bertz CT molecular complexity index is 731. The molecule has 0 radical (unpaired) electrons. The van der Waals surface area contributed by atoms with E-state index in [4.69, 9.17) is 0 Å². The molecule has 152 valence electrons. The molecule has 0 aliphatic heterocycles. The first-order valence-corrected chi connectivity index (χ1v) is 11.0. The molecule has 0 spiro atoms. The fourth-order valence-corrected chi connectivity index (χ4v) is 3.21. The van der Waals surface area contributed by atoms with Crippen molar-refractivity contribution < 1.29 is 13.2 Å². The van der Waals surface area contributed by atoms with Gasteiger partial charge in [-0.1, -0.05) is 24.3 Å². The van der Waals surface area contributed by atoms with E-state index in [9.17, 15) is 13.2 Å². The lowest BCUT2D eigenvalue weighted by Crippen LogP contribution is -2.41. The van der Waals surface area contributed by atoms with Crippen LogP contribution in [0.25, 0.3) is 0 Å². The molecule has 1 amide bonds. The van der Waals surface area contributed by atoms with Crippen LogP contribution in [0.2, 0.25) is 0 Å². The Morgan fingerprint density at radius 1 is 1.07 bits per heavy atom. The van der Waals surface area contributed by atoms with E-state index in [1.165, 1.54) is 6.26 Å². The number of hydrogen-bond donors (Lipinski definition) is 3. The Morgan fingerprint density at radius 2 is 1.67 bits per heavy atom. The predicted octanol–water partition coefficient (Wildman–Crippen LogP) is 1.43. The van der Waals surface area contributed by atoms with Gasteiger partial charge < -0.3 is 16.0 Å². The van der Waals surface area contributed by atoms with Gasteiger partial charge in [0.25, 0.3) is 0 Å². The second-order valence-electron chi connectivity index (χ2n) is 6.57. The number of sulfone groups is 1. The standard InChI is InChI=1S/C18H28N4O3S.HI/c1-3-19-18(21-11-10-20-17(23)16-8-9-16)22-12-14-4-6-15(7-5-14)13-26(2,24)25;/h4-7,16H,3,8-13H2,1-2H3,(H,20,23)(H2,19,21,22);1H. The Balaban J connectivity index is 0.00000364. The third-order valence-electron chi connectivity index (χ3n) is 3.88. The molecule has 0 aromatic heterocycles. The van der Waals surface area contributed by atoms with E-state index in [0.29, 0.717) is 25.6 Å². The average Bonchev–Trinajstić information content (AvgIpc) is 3.41. The van der Waals surface area contributed by atoms with Crippen LogP contribution in [0.15, 0.2) is 29.3 Å². The van der Waals surface area contributed by atoms with Crippen LogP contribution >= 0.6 is 24.0 Å². The van der Waals surface area contributed by atoms with E-state index < -0.39 is 9.84 Å². The first-order chi connectivity index (χ1) is 12.4. The van der Waals surface area contributed by atoms with Gasteiger partial charge >= 0.3 is 0 Å². The normalized spacial score (nSPS) is 14.2. The highest BCUT2D eigenvalue weighted by Crippen LogP contribution is 2.28. The molecule has 9 heteroatoms. The molecule has 1 aliphatic carbocycles. The Kier molecular flexibility index (Phi) is 10.1. The first-order valence-electron chi connectivity index (χ1n) is 8.93. The number of hydrogen-bond acceptors (Lipinski definition) is 4. The lowest BCUT2D eigenvalue weighted by atomic mass is 10.1. The van der Waals surface area contributed by atoms with Gasteiger partial charge in [0.1, 0.15) is 0 Å². The van der Waals surface area contributed by atoms with Crippen LogP contribution in [0, 0.1) is 5.92 Å². The summed E-state index contributed by atoms with van der Waals surface area (Å²) >= 11 is 0. The van der Waals surface area contributed by atoms with Crippen LogP contribution in [-0.4, -0.2) is 46.2 Å². The van der Waals surface area contributed by atoms with E-state index in [0.717, 1.165) is 30.5 Å². The summed E-state index contributed by atoms with van der Waals surface area (Å²) in [6, 6.07) is 7.42. The quantitative estimate of drug-likeness (QED) is 0.203. The van der Waals surface area contributed by atoms with Crippen molar-refractivity contribution in [1.29, 1.82) is 0 Å². The minimum atomic E-state index is -3.02. The number of carbonyl (C=O) groups excluding carboxylic acids is 1. The maximum Gasteiger partial charge on any atom is 0.223 e. The van der Waals surface area contributed by atoms with E-state index in [1.807, 2.05) is 31.2 Å². The molecular formula is C18H29IN4O3S. The third-order valence-corrected chi connectivity index (χ3v) is 4.74. The van der Waals surface area contributed by atoms with E-state index in [-0.39, 0.29) is 41.6 Å². The van der Waals surface area contributed by atoms with Crippen molar-refractivity contribution in [2.24, 2.45) is 10.9 Å². The molecule has 27 heavy (non-hydrogen) atoms. The van der Waals surface area contributed by atoms with Gasteiger partial charge in [-0.2, -0.15) is 0 Å². The summed E-state index contributed by atoms with van der Waals surface area (Å²) < 4.78 is 22.6. The number of amides is 1. The van der Waals surface area contributed by atoms with Gasteiger partial charge in [0, 0.05) is 31.8 Å². The molecule has 1 aliphatic rings. The summed E-state index contributed by atoms with van der Waals surface area (Å²) in [4.78, 5) is 16.1. The van der Waals surface area contributed by atoms with Crippen LogP contribution in [-0.2, 0) is 26.9 Å². The second-order valence-corrected chi connectivity index (χ2v) is 8.71. The molecule has 3 N–H and O–H groups in total. The number of carbonyl (C=O) groups is 1. The first kappa shape index (κ1) is 23.7. The maximum atomic E-state index is 11.6. The average molecular weight is 508 g/mol. The van der Waals surface area contributed by atoms with Crippen molar-refractivity contribution in [1.82, 2.24) is 16.0 Å². The number of guanidine groups is 1. The molecule has 1 saturated carbocycles. The van der Waals surface area contributed by atoms with Gasteiger partial charge in [-0.15, -0.1) is 24.0 Å². The SMILES string of the molecule is CCNC(=NCc1ccc(CS(C)(=O)=O)cc1)NCCNC(=O)C1CC1.I. The maximum absolute atomic E-state index is 11.6. The smallest absolute Gasteiger partial charge is 0.223 e. The lowest BCUT2D eigenvalue weighted by molar-refractivity contribution is -0.122. The summed E-state index contributed by atoms with van der Waals surface area (Å²) in [6.45, 7) is 4.40. The van der Waals surface area contributed by atoms with Crippen LogP contribution in [0.4, 0.5) is 0 Å². The molecule has 0 heterocycles. The van der Waals surface area contributed by atoms with Crippen molar-refractivity contribution in [2.75, 3.05) is 25.9 Å². The molecule has 1 aromatic rings. The van der Waals surface area contributed by atoms with Crippen molar-refractivity contribution in [3.05, 3.63) is 35.4 Å². The number of nitrogens with zero attached hydrogens (tertiary/aromatic N) is 1. The van der Waals surface area contributed by atoms with Crippen LogP contribution < -0.4 is 16.0 Å². The second kappa shape index (κ2) is 11.5. The van der Waals surface area contributed by atoms with E-state index in [1.54, 1.807) is 0 Å². The summed E-state index contributed by atoms with van der Waals surface area (Å²) in [5.41, 5.74) is 1.78. The zero-order valence-corrected chi connectivity index (χ0v) is 19.0. The molecule has 1 fully saturated rings. The lowest BCUT2D eigenvalue weighted by Gasteiger charge is -2.12. The molecule has 0 bridgehead atoms. The summed E-state index contributed by atoms with van der Waals surface area (Å²) in [5.74, 6) is 1.10. The Labute approximate surface area is 178 Å². The van der Waals surface area contributed by atoms with Crippen LogP contribution in [0.5, 0.6) is 0 Å². The molecule has 1 aromatic carbocycles. The summed E-state index contributed by atoms with van der Waals surface area (Å²) in [5, 5.41) is 9.27. The molecule has 0 saturated heterocycles. The molecule has 2 rings (SSSR count). The topological polar surface area (TPSA) is 99.7 Å². The highest BCUT2D eigenvalue weighted by molar-refractivity contribution is 14.0. The van der Waals surface area contributed by atoms with Gasteiger partial charge in [0.05, 0.1) is 12.3 Å². The number of halogens is 1. The molecule has 0 atom stereocenters. The largest absolute Gasteiger partial charge is 0.357 e. The van der Waals surface area contributed by atoms with Gasteiger partial charge in [-0.05, 0) is 30.9 Å². The molecule has 7 nitrogen and oxygen atoms in total. The molecule has 0 unspecified atom stereocenters. The Hall–Kier alpha value is -1.36. The highest BCUT2D eigenvalue weighted by atomic mass is 127.